The summed E-state index contributed by atoms with van der Waals surface area (Å²) in [5.41, 5.74) is 1.54. The lowest BCUT2D eigenvalue weighted by Gasteiger charge is -2.34. The van der Waals surface area contributed by atoms with Crippen molar-refractivity contribution in [3.8, 4) is 0 Å². The van der Waals surface area contributed by atoms with Crippen LogP contribution in [0.25, 0.3) is 0 Å². The van der Waals surface area contributed by atoms with Gasteiger partial charge in [0.15, 0.2) is 11.6 Å². The predicted octanol–water partition coefficient (Wildman–Crippen LogP) is 2.73. The van der Waals surface area contributed by atoms with Gasteiger partial charge in [-0.3, -0.25) is 4.79 Å². The molecule has 1 fully saturated rings. The van der Waals surface area contributed by atoms with E-state index < -0.39 is 0 Å². The van der Waals surface area contributed by atoms with Gasteiger partial charge >= 0.3 is 0 Å². The lowest BCUT2D eigenvalue weighted by Crippen LogP contribution is -2.49. The molecule has 2 aromatic rings. The molecule has 1 amide bonds. The largest absolute Gasteiger partial charge is 0.459 e. The first-order valence-corrected chi connectivity index (χ1v) is 9.99. The molecule has 0 saturated carbocycles. The summed E-state index contributed by atoms with van der Waals surface area (Å²) in [5, 5.41) is 11.6. The molecule has 0 atom stereocenters. The number of carbonyl (C=O) groups is 1. The highest BCUT2D eigenvalue weighted by Crippen LogP contribution is 2.20. The van der Waals surface area contributed by atoms with Crippen LogP contribution in [0.4, 0.5) is 11.8 Å². The van der Waals surface area contributed by atoms with E-state index in [-0.39, 0.29) is 5.91 Å². The summed E-state index contributed by atoms with van der Waals surface area (Å²) in [6.07, 6.45) is 11.7. The van der Waals surface area contributed by atoms with Gasteiger partial charge in [0.2, 0.25) is 5.95 Å². The molecule has 3 heterocycles. The van der Waals surface area contributed by atoms with E-state index in [1.807, 2.05) is 0 Å². The number of hydrogen-bond donors (Lipinski definition) is 1. The summed E-state index contributed by atoms with van der Waals surface area (Å²) in [5.74, 6) is 1.66. The minimum atomic E-state index is -0.0730. The van der Waals surface area contributed by atoms with Crippen molar-refractivity contribution in [2.45, 2.75) is 32.1 Å². The van der Waals surface area contributed by atoms with Gasteiger partial charge in [-0.15, -0.1) is 5.10 Å². The summed E-state index contributed by atoms with van der Waals surface area (Å²) in [6, 6.07) is 3.42. The van der Waals surface area contributed by atoms with E-state index in [0.29, 0.717) is 37.9 Å². The van der Waals surface area contributed by atoms with Gasteiger partial charge in [-0.05, 0) is 44.2 Å². The molecule has 8 heteroatoms. The average molecular weight is 382 g/mol. The van der Waals surface area contributed by atoms with E-state index in [2.05, 4.69) is 31.5 Å². The summed E-state index contributed by atoms with van der Waals surface area (Å²) >= 11 is 0. The number of rotatable bonds is 6. The third kappa shape index (κ3) is 4.49. The third-order valence-electron chi connectivity index (χ3n) is 5.27. The number of carbonyl (C=O) groups excluding carboxylic acids is 1. The fourth-order valence-electron chi connectivity index (χ4n) is 3.66. The predicted molar refractivity (Wildman–Crippen MR) is 106 cm³/mol. The molecule has 28 heavy (non-hydrogen) atoms. The summed E-state index contributed by atoms with van der Waals surface area (Å²) < 4.78 is 5.21. The number of allylic oxidation sites excluding steroid dienone is 1. The second kappa shape index (κ2) is 8.86. The Kier molecular flexibility index (Phi) is 5.84. The molecule has 0 spiro atoms. The minimum absolute atomic E-state index is 0.0730. The number of amides is 1. The smallest absolute Gasteiger partial charge is 0.289 e. The fraction of sp³-hybridized carbons (Fsp3) is 0.500. The molecule has 8 nitrogen and oxygen atoms in total. The molecular formula is C20H26N6O2. The molecule has 0 radical (unpaired) electrons. The number of nitrogens with one attached hydrogen (secondary N) is 1. The molecule has 2 aromatic heterocycles. The Morgan fingerprint density at radius 1 is 1.21 bits per heavy atom. The second-order valence-corrected chi connectivity index (χ2v) is 7.18. The number of anilines is 2. The minimum Gasteiger partial charge on any atom is -0.459 e. The maximum absolute atomic E-state index is 12.4. The second-order valence-electron chi connectivity index (χ2n) is 7.18. The van der Waals surface area contributed by atoms with Crippen LogP contribution in [-0.4, -0.2) is 58.7 Å². The normalized spacial score (nSPS) is 17.4. The van der Waals surface area contributed by atoms with E-state index in [4.69, 9.17) is 4.42 Å². The molecule has 1 aliphatic carbocycles. The molecule has 148 valence electrons. The highest BCUT2D eigenvalue weighted by molar-refractivity contribution is 5.91. The van der Waals surface area contributed by atoms with Crippen molar-refractivity contribution in [3.63, 3.8) is 0 Å². The molecule has 0 bridgehead atoms. The SMILES string of the molecule is O=C(c1ccco1)N1CCN(c2nncc(NCCC3=CCCCC3)n2)CC1. The van der Waals surface area contributed by atoms with Crippen LogP contribution in [0.15, 0.2) is 40.7 Å². The Morgan fingerprint density at radius 3 is 2.86 bits per heavy atom. The zero-order chi connectivity index (χ0) is 19.2. The van der Waals surface area contributed by atoms with E-state index in [1.165, 1.54) is 31.9 Å². The topological polar surface area (TPSA) is 87.4 Å². The van der Waals surface area contributed by atoms with Gasteiger partial charge in [-0.2, -0.15) is 10.1 Å². The molecule has 0 aromatic carbocycles. The van der Waals surface area contributed by atoms with Crippen molar-refractivity contribution in [2.75, 3.05) is 42.9 Å². The fourth-order valence-corrected chi connectivity index (χ4v) is 3.66. The Hall–Kier alpha value is -2.90. The lowest BCUT2D eigenvalue weighted by atomic mass is 9.97. The average Bonchev–Trinajstić information content (AvgIpc) is 3.29. The van der Waals surface area contributed by atoms with Crippen molar-refractivity contribution in [3.05, 3.63) is 42.0 Å². The quantitative estimate of drug-likeness (QED) is 0.769. The third-order valence-corrected chi connectivity index (χ3v) is 5.27. The Labute approximate surface area is 164 Å². The van der Waals surface area contributed by atoms with Crippen molar-refractivity contribution >= 4 is 17.7 Å². The van der Waals surface area contributed by atoms with Gasteiger partial charge in [0.1, 0.15) is 0 Å². The van der Waals surface area contributed by atoms with Crippen LogP contribution in [0.3, 0.4) is 0 Å². The molecule has 4 rings (SSSR count). The zero-order valence-electron chi connectivity index (χ0n) is 16.0. The van der Waals surface area contributed by atoms with Gasteiger partial charge < -0.3 is 19.5 Å². The Balaban J connectivity index is 1.28. The van der Waals surface area contributed by atoms with E-state index in [1.54, 1.807) is 28.8 Å². The van der Waals surface area contributed by atoms with Gasteiger partial charge in [0, 0.05) is 32.7 Å². The van der Waals surface area contributed by atoms with Gasteiger partial charge in [-0.1, -0.05) is 11.6 Å². The van der Waals surface area contributed by atoms with Crippen LogP contribution in [-0.2, 0) is 0 Å². The van der Waals surface area contributed by atoms with Crippen molar-refractivity contribution in [1.29, 1.82) is 0 Å². The first-order chi connectivity index (χ1) is 13.8. The zero-order valence-corrected chi connectivity index (χ0v) is 16.0. The van der Waals surface area contributed by atoms with Crippen LogP contribution in [0.5, 0.6) is 0 Å². The van der Waals surface area contributed by atoms with Gasteiger partial charge in [0.25, 0.3) is 5.91 Å². The first kappa shape index (κ1) is 18.5. The monoisotopic (exact) mass is 382 g/mol. The number of nitrogens with zero attached hydrogens (tertiary/aromatic N) is 5. The van der Waals surface area contributed by atoms with E-state index in [9.17, 15) is 4.79 Å². The van der Waals surface area contributed by atoms with E-state index in [0.717, 1.165) is 18.8 Å². The first-order valence-electron chi connectivity index (χ1n) is 9.99. The number of hydrogen-bond acceptors (Lipinski definition) is 7. The highest BCUT2D eigenvalue weighted by atomic mass is 16.3. The summed E-state index contributed by atoms with van der Waals surface area (Å²) in [4.78, 5) is 20.8. The van der Waals surface area contributed by atoms with Crippen molar-refractivity contribution in [2.24, 2.45) is 0 Å². The van der Waals surface area contributed by atoms with Crippen LogP contribution in [0.2, 0.25) is 0 Å². The molecule has 1 N–H and O–H groups in total. The maximum atomic E-state index is 12.4. The van der Waals surface area contributed by atoms with Crippen LogP contribution in [0, 0.1) is 0 Å². The summed E-state index contributed by atoms with van der Waals surface area (Å²) in [6.45, 7) is 3.41. The van der Waals surface area contributed by atoms with Gasteiger partial charge in [0.05, 0.1) is 12.5 Å². The van der Waals surface area contributed by atoms with Crippen molar-refractivity contribution in [1.82, 2.24) is 20.1 Å². The molecule has 1 aliphatic heterocycles. The van der Waals surface area contributed by atoms with Crippen LogP contribution >= 0.6 is 0 Å². The highest BCUT2D eigenvalue weighted by Gasteiger charge is 2.25. The Bertz CT molecular complexity index is 812. The number of aromatic nitrogens is 3. The lowest BCUT2D eigenvalue weighted by molar-refractivity contribution is 0.0714. The van der Waals surface area contributed by atoms with Crippen molar-refractivity contribution < 1.29 is 9.21 Å². The standard InChI is InChI=1S/C20H26N6O2/c27-19(17-7-4-14-28-17)25-10-12-26(13-11-25)20-23-18(15-22-24-20)21-9-8-16-5-2-1-3-6-16/h4-5,7,14-15H,1-3,6,8-13H2,(H,21,23,24). The summed E-state index contributed by atoms with van der Waals surface area (Å²) in [7, 11) is 0. The van der Waals surface area contributed by atoms with Crippen LogP contribution < -0.4 is 10.2 Å². The van der Waals surface area contributed by atoms with Gasteiger partial charge in [-0.25, -0.2) is 0 Å². The Morgan fingerprint density at radius 2 is 2.11 bits per heavy atom. The van der Waals surface area contributed by atoms with E-state index >= 15 is 0 Å². The molecule has 2 aliphatic rings. The number of furan rings is 1. The molecule has 0 unspecified atom stereocenters. The maximum Gasteiger partial charge on any atom is 0.289 e. The molecule has 1 saturated heterocycles. The van der Waals surface area contributed by atoms with Crippen LogP contribution in [0.1, 0.15) is 42.7 Å². The number of piperazine rings is 1. The molecular weight excluding hydrogens is 356 g/mol.